The highest BCUT2D eigenvalue weighted by Crippen LogP contribution is 2.23. The Hall–Kier alpha value is -3.06. The van der Waals surface area contributed by atoms with E-state index in [1.54, 1.807) is 6.20 Å². The summed E-state index contributed by atoms with van der Waals surface area (Å²) in [7, 11) is 0. The zero-order valence-corrected chi connectivity index (χ0v) is 19.9. The third kappa shape index (κ3) is 5.59. The minimum absolute atomic E-state index is 0.278. The van der Waals surface area contributed by atoms with E-state index in [-0.39, 0.29) is 12.6 Å². The van der Waals surface area contributed by atoms with Crippen LogP contribution in [0.15, 0.2) is 65.4 Å². The number of ether oxygens (including phenoxy) is 2. The SMILES string of the molecule is CC(C)(C)OC(=O)N[C@H](COc1cnc2ccc(Br)cc2c1)Cc1c[nH]c2ccccc12. The van der Waals surface area contributed by atoms with E-state index in [0.717, 1.165) is 31.8 Å². The molecule has 1 atom stereocenters. The van der Waals surface area contributed by atoms with Gasteiger partial charge in [0.15, 0.2) is 0 Å². The van der Waals surface area contributed by atoms with Crippen LogP contribution in [0.1, 0.15) is 26.3 Å². The number of aromatic amines is 1. The van der Waals surface area contributed by atoms with Gasteiger partial charge in [-0.3, -0.25) is 4.98 Å². The van der Waals surface area contributed by atoms with Crippen molar-refractivity contribution in [3.63, 3.8) is 0 Å². The largest absolute Gasteiger partial charge is 0.490 e. The molecule has 0 aliphatic carbocycles. The number of fused-ring (bicyclic) bond motifs is 2. The maximum absolute atomic E-state index is 12.5. The molecule has 166 valence electrons. The molecular formula is C25H26BrN3O3. The molecule has 4 aromatic rings. The Balaban J connectivity index is 1.52. The summed E-state index contributed by atoms with van der Waals surface area (Å²) in [6.45, 7) is 5.81. The molecule has 2 heterocycles. The molecule has 1 amide bonds. The van der Waals surface area contributed by atoms with Crippen LogP contribution >= 0.6 is 15.9 Å². The van der Waals surface area contributed by atoms with Crippen molar-refractivity contribution in [1.29, 1.82) is 0 Å². The number of amides is 1. The van der Waals surface area contributed by atoms with Crippen LogP contribution in [0.4, 0.5) is 4.79 Å². The first kappa shape index (κ1) is 22.1. The van der Waals surface area contributed by atoms with Gasteiger partial charge in [0.1, 0.15) is 18.0 Å². The number of aromatic nitrogens is 2. The van der Waals surface area contributed by atoms with Crippen molar-refractivity contribution in [2.24, 2.45) is 0 Å². The van der Waals surface area contributed by atoms with E-state index in [2.05, 4.69) is 37.3 Å². The molecule has 2 aromatic carbocycles. The van der Waals surface area contributed by atoms with Crippen molar-refractivity contribution < 1.29 is 14.3 Å². The zero-order chi connectivity index (χ0) is 22.7. The lowest BCUT2D eigenvalue weighted by molar-refractivity contribution is 0.0488. The van der Waals surface area contributed by atoms with Gasteiger partial charge in [-0.2, -0.15) is 0 Å². The summed E-state index contributed by atoms with van der Waals surface area (Å²) in [6.07, 6.45) is 3.80. The summed E-state index contributed by atoms with van der Waals surface area (Å²) < 4.78 is 12.5. The number of para-hydroxylation sites is 1. The van der Waals surface area contributed by atoms with Crippen LogP contribution in [0.25, 0.3) is 21.8 Å². The molecule has 0 fully saturated rings. The van der Waals surface area contributed by atoms with E-state index in [1.807, 2.05) is 69.4 Å². The maximum Gasteiger partial charge on any atom is 0.408 e. The third-order valence-electron chi connectivity index (χ3n) is 4.93. The molecule has 32 heavy (non-hydrogen) atoms. The summed E-state index contributed by atoms with van der Waals surface area (Å²) in [5.74, 6) is 0.644. The Bertz CT molecular complexity index is 1250. The highest BCUT2D eigenvalue weighted by Gasteiger charge is 2.21. The number of H-pyrrole nitrogens is 1. The number of rotatable bonds is 6. The van der Waals surface area contributed by atoms with Gasteiger partial charge in [0.05, 0.1) is 17.8 Å². The van der Waals surface area contributed by atoms with E-state index >= 15 is 0 Å². The van der Waals surface area contributed by atoms with E-state index in [9.17, 15) is 4.79 Å². The van der Waals surface area contributed by atoms with Gasteiger partial charge < -0.3 is 19.8 Å². The van der Waals surface area contributed by atoms with Crippen LogP contribution < -0.4 is 10.1 Å². The molecule has 6 nitrogen and oxygen atoms in total. The molecule has 4 rings (SSSR count). The minimum atomic E-state index is -0.577. The lowest BCUT2D eigenvalue weighted by Crippen LogP contribution is -2.43. The van der Waals surface area contributed by atoms with Crippen LogP contribution in [0.5, 0.6) is 5.75 Å². The van der Waals surface area contributed by atoms with Crippen LogP contribution in [0, 0.1) is 0 Å². The lowest BCUT2D eigenvalue weighted by atomic mass is 10.1. The number of carbonyl (C=O) groups is 1. The fourth-order valence-corrected chi connectivity index (χ4v) is 3.93. The first-order valence-corrected chi connectivity index (χ1v) is 11.3. The van der Waals surface area contributed by atoms with Gasteiger partial charge in [-0.05, 0) is 63.1 Å². The van der Waals surface area contributed by atoms with Crippen molar-refractivity contribution >= 4 is 43.8 Å². The van der Waals surface area contributed by atoms with Crippen molar-refractivity contribution in [2.45, 2.75) is 38.8 Å². The molecule has 0 spiro atoms. The molecule has 0 bridgehead atoms. The highest BCUT2D eigenvalue weighted by molar-refractivity contribution is 9.10. The fraction of sp³-hybridized carbons (Fsp3) is 0.280. The average molecular weight is 496 g/mol. The maximum atomic E-state index is 12.5. The molecule has 7 heteroatoms. The molecule has 0 saturated carbocycles. The van der Waals surface area contributed by atoms with Gasteiger partial charge in [-0.25, -0.2) is 4.79 Å². The standard InChI is InChI=1S/C25H26BrN3O3/c1-25(2,3)32-24(30)29-19(11-17-13-27-23-7-5-4-6-21(17)23)15-31-20-12-16-10-18(26)8-9-22(16)28-14-20/h4-10,12-14,19,27H,11,15H2,1-3H3,(H,29,30)/t19-/m0/s1. The van der Waals surface area contributed by atoms with Gasteiger partial charge in [0, 0.05) is 27.0 Å². The molecule has 2 aromatic heterocycles. The number of nitrogens with zero attached hydrogens (tertiary/aromatic N) is 1. The molecule has 0 aliphatic rings. The van der Waals surface area contributed by atoms with Crippen molar-refractivity contribution in [2.75, 3.05) is 6.61 Å². The van der Waals surface area contributed by atoms with E-state index < -0.39 is 11.7 Å². The Kier molecular flexibility index (Phi) is 6.37. The lowest BCUT2D eigenvalue weighted by Gasteiger charge is -2.24. The number of nitrogens with one attached hydrogen (secondary N) is 2. The number of alkyl carbamates (subject to hydrolysis) is 1. The van der Waals surface area contributed by atoms with Crippen LogP contribution in [-0.2, 0) is 11.2 Å². The summed E-state index contributed by atoms with van der Waals surface area (Å²) >= 11 is 3.49. The number of hydrogen-bond acceptors (Lipinski definition) is 4. The number of pyridine rings is 1. The number of hydrogen-bond donors (Lipinski definition) is 2. The minimum Gasteiger partial charge on any atom is -0.490 e. The second-order valence-corrected chi connectivity index (χ2v) is 9.64. The molecule has 0 aliphatic heterocycles. The number of benzene rings is 2. The van der Waals surface area contributed by atoms with Crippen LogP contribution in [0.3, 0.4) is 0 Å². The Labute approximate surface area is 195 Å². The van der Waals surface area contributed by atoms with E-state index in [0.29, 0.717) is 12.2 Å². The zero-order valence-electron chi connectivity index (χ0n) is 18.3. The van der Waals surface area contributed by atoms with Crippen LogP contribution in [0.2, 0.25) is 0 Å². The average Bonchev–Trinajstić information content (AvgIpc) is 3.13. The van der Waals surface area contributed by atoms with Gasteiger partial charge in [0.2, 0.25) is 0 Å². The Morgan fingerprint density at radius 2 is 2.00 bits per heavy atom. The number of carbonyl (C=O) groups excluding carboxylic acids is 1. The molecular weight excluding hydrogens is 470 g/mol. The van der Waals surface area contributed by atoms with Gasteiger partial charge in [-0.15, -0.1) is 0 Å². The van der Waals surface area contributed by atoms with Gasteiger partial charge >= 0.3 is 6.09 Å². The predicted octanol–water partition coefficient (Wildman–Crippen LogP) is 5.99. The van der Waals surface area contributed by atoms with Crippen molar-refractivity contribution in [3.8, 4) is 5.75 Å². The van der Waals surface area contributed by atoms with Crippen molar-refractivity contribution in [3.05, 3.63) is 71.0 Å². The Morgan fingerprint density at radius 3 is 2.81 bits per heavy atom. The predicted molar refractivity (Wildman–Crippen MR) is 130 cm³/mol. The summed E-state index contributed by atoms with van der Waals surface area (Å²) in [4.78, 5) is 20.2. The topological polar surface area (TPSA) is 76.2 Å². The quantitative estimate of drug-likeness (QED) is 0.344. The molecule has 0 saturated heterocycles. The fourth-order valence-electron chi connectivity index (χ4n) is 3.55. The van der Waals surface area contributed by atoms with Gasteiger partial charge in [0.25, 0.3) is 0 Å². The first-order valence-electron chi connectivity index (χ1n) is 10.5. The second kappa shape index (κ2) is 9.20. The smallest absolute Gasteiger partial charge is 0.408 e. The van der Waals surface area contributed by atoms with Gasteiger partial charge in [-0.1, -0.05) is 34.1 Å². The third-order valence-corrected chi connectivity index (χ3v) is 5.42. The van der Waals surface area contributed by atoms with Crippen LogP contribution in [-0.4, -0.2) is 34.3 Å². The number of halogens is 1. The first-order chi connectivity index (χ1) is 15.3. The monoisotopic (exact) mass is 495 g/mol. The van der Waals surface area contributed by atoms with E-state index in [4.69, 9.17) is 9.47 Å². The normalized spacial score (nSPS) is 12.6. The molecule has 0 unspecified atom stereocenters. The summed E-state index contributed by atoms with van der Waals surface area (Å²) in [5.41, 5.74) is 2.48. The summed E-state index contributed by atoms with van der Waals surface area (Å²) in [5, 5.41) is 5.07. The van der Waals surface area contributed by atoms with Crippen molar-refractivity contribution in [1.82, 2.24) is 15.3 Å². The second-order valence-electron chi connectivity index (χ2n) is 8.73. The molecule has 0 radical (unpaired) electrons. The summed E-state index contributed by atoms with van der Waals surface area (Å²) in [6, 6.07) is 15.7. The highest BCUT2D eigenvalue weighted by atomic mass is 79.9. The molecule has 2 N–H and O–H groups in total. The van der Waals surface area contributed by atoms with E-state index in [1.165, 1.54) is 0 Å². The Morgan fingerprint density at radius 1 is 1.19 bits per heavy atom.